The van der Waals surface area contributed by atoms with Crippen molar-refractivity contribution in [3.8, 4) is 0 Å². The highest BCUT2D eigenvalue weighted by molar-refractivity contribution is 7.18. The van der Waals surface area contributed by atoms with E-state index >= 15 is 0 Å². The number of fused-ring (bicyclic) bond motifs is 1. The van der Waals surface area contributed by atoms with Crippen LogP contribution in [0.4, 0.5) is 0 Å². The van der Waals surface area contributed by atoms with E-state index in [0.29, 0.717) is 12.2 Å². The number of thiazole rings is 1. The first-order valence-corrected chi connectivity index (χ1v) is 9.97. The Bertz CT molecular complexity index is 706. The first kappa shape index (κ1) is 16.9. The highest BCUT2D eigenvalue weighted by atomic mass is 32.1. The Labute approximate surface area is 152 Å². The Morgan fingerprint density at radius 3 is 2.72 bits per heavy atom. The highest BCUT2D eigenvalue weighted by Gasteiger charge is 2.29. The second-order valence-corrected chi connectivity index (χ2v) is 8.16. The second kappa shape index (κ2) is 7.40. The number of benzene rings is 1. The van der Waals surface area contributed by atoms with E-state index in [2.05, 4.69) is 23.1 Å². The van der Waals surface area contributed by atoms with E-state index < -0.39 is 0 Å². The number of aromatic nitrogens is 1. The van der Waals surface area contributed by atoms with Gasteiger partial charge >= 0.3 is 0 Å². The van der Waals surface area contributed by atoms with Crippen molar-refractivity contribution >= 4 is 27.5 Å². The van der Waals surface area contributed by atoms with Crippen LogP contribution in [-0.4, -0.2) is 65.6 Å². The van der Waals surface area contributed by atoms with Crippen LogP contribution >= 0.6 is 11.3 Å². The SMILES string of the molecule is CC(=O)N1CCN(C[C@H]2CC[C@@H](Cc3nc4ccccc4s3)O2)CC1. The molecule has 1 aromatic carbocycles. The number of para-hydroxylation sites is 1. The summed E-state index contributed by atoms with van der Waals surface area (Å²) in [6, 6.07) is 8.32. The summed E-state index contributed by atoms with van der Waals surface area (Å²) in [5.41, 5.74) is 1.10. The number of piperazine rings is 1. The zero-order chi connectivity index (χ0) is 17.2. The Morgan fingerprint density at radius 1 is 1.20 bits per heavy atom. The maximum atomic E-state index is 11.4. The zero-order valence-electron chi connectivity index (χ0n) is 14.7. The summed E-state index contributed by atoms with van der Waals surface area (Å²) in [4.78, 5) is 20.5. The molecule has 25 heavy (non-hydrogen) atoms. The van der Waals surface area contributed by atoms with Crippen LogP contribution in [0.25, 0.3) is 10.2 Å². The maximum Gasteiger partial charge on any atom is 0.219 e. The summed E-state index contributed by atoms with van der Waals surface area (Å²) in [5.74, 6) is 0.188. The topological polar surface area (TPSA) is 45.7 Å². The van der Waals surface area contributed by atoms with Crippen molar-refractivity contribution in [2.24, 2.45) is 0 Å². The molecule has 5 nitrogen and oxygen atoms in total. The number of carbonyl (C=O) groups is 1. The lowest BCUT2D eigenvalue weighted by Gasteiger charge is -2.35. The summed E-state index contributed by atoms with van der Waals surface area (Å²) >= 11 is 1.78. The Kier molecular flexibility index (Phi) is 5.01. The molecule has 3 heterocycles. The molecule has 0 bridgehead atoms. The molecule has 4 rings (SSSR count). The van der Waals surface area contributed by atoms with Crippen LogP contribution in [0, 0.1) is 0 Å². The molecule has 1 aromatic heterocycles. The van der Waals surface area contributed by atoms with Gasteiger partial charge in [0.15, 0.2) is 0 Å². The van der Waals surface area contributed by atoms with Crippen molar-refractivity contribution in [1.29, 1.82) is 0 Å². The van der Waals surface area contributed by atoms with Crippen LogP contribution in [0.15, 0.2) is 24.3 Å². The maximum absolute atomic E-state index is 11.4. The average Bonchev–Trinajstić information content (AvgIpc) is 3.21. The van der Waals surface area contributed by atoms with Crippen molar-refractivity contribution in [3.63, 3.8) is 0 Å². The van der Waals surface area contributed by atoms with Gasteiger partial charge in [0.05, 0.1) is 27.4 Å². The zero-order valence-corrected chi connectivity index (χ0v) is 15.5. The number of ether oxygens (including phenoxy) is 1. The van der Waals surface area contributed by atoms with E-state index in [1.807, 2.05) is 11.0 Å². The van der Waals surface area contributed by atoms with Gasteiger partial charge in [0, 0.05) is 46.1 Å². The van der Waals surface area contributed by atoms with Gasteiger partial charge in [-0.1, -0.05) is 12.1 Å². The lowest BCUT2D eigenvalue weighted by molar-refractivity contribution is -0.130. The Morgan fingerprint density at radius 2 is 1.96 bits per heavy atom. The Balaban J connectivity index is 1.26. The molecule has 2 aliphatic rings. The quantitative estimate of drug-likeness (QED) is 0.842. The lowest BCUT2D eigenvalue weighted by atomic mass is 10.1. The average molecular weight is 359 g/mol. The van der Waals surface area contributed by atoms with Crippen molar-refractivity contribution in [1.82, 2.24) is 14.8 Å². The predicted molar refractivity (Wildman–Crippen MR) is 99.9 cm³/mol. The number of hydrogen-bond acceptors (Lipinski definition) is 5. The molecule has 0 spiro atoms. The molecule has 0 aliphatic carbocycles. The molecule has 1 amide bonds. The van der Waals surface area contributed by atoms with E-state index in [4.69, 9.17) is 9.72 Å². The van der Waals surface area contributed by atoms with Gasteiger partial charge in [-0.05, 0) is 25.0 Å². The van der Waals surface area contributed by atoms with Gasteiger partial charge in [-0.15, -0.1) is 11.3 Å². The van der Waals surface area contributed by atoms with Crippen LogP contribution < -0.4 is 0 Å². The van der Waals surface area contributed by atoms with Gasteiger partial charge < -0.3 is 9.64 Å². The number of nitrogens with zero attached hydrogens (tertiary/aromatic N) is 3. The number of carbonyl (C=O) groups excluding carboxylic acids is 1. The van der Waals surface area contributed by atoms with Gasteiger partial charge in [0.2, 0.25) is 5.91 Å². The molecular formula is C19H25N3O2S. The number of amides is 1. The largest absolute Gasteiger partial charge is 0.373 e. The van der Waals surface area contributed by atoms with Gasteiger partial charge in [-0.2, -0.15) is 0 Å². The monoisotopic (exact) mass is 359 g/mol. The minimum absolute atomic E-state index is 0.188. The molecule has 2 saturated heterocycles. The van der Waals surface area contributed by atoms with Gasteiger partial charge in [0.25, 0.3) is 0 Å². The minimum Gasteiger partial charge on any atom is -0.373 e. The summed E-state index contributed by atoms with van der Waals surface area (Å²) in [5, 5.41) is 1.18. The fourth-order valence-electron chi connectivity index (χ4n) is 3.80. The predicted octanol–water partition coefficient (Wildman–Crippen LogP) is 2.55. The molecule has 134 valence electrons. The molecule has 0 saturated carbocycles. The number of rotatable bonds is 4. The third-order valence-electron chi connectivity index (χ3n) is 5.22. The molecule has 2 aliphatic heterocycles. The van der Waals surface area contributed by atoms with Crippen LogP contribution in [0.2, 0.25) is 0 Å². The van der Waals surface area contributed by atoms with Crippen molar-refractivity contribution in [2.45, 2.75) is 38.4 Å². The van der Waals surface area contributed by atoms with Crippen LogP contribution in [0.5, 0.6) is 0 Å². The Hall–Kier alpha value is -1.50. The van der Waals surface area contributed by atoms with E-state index in [1.54, 1.807) is 18.3 Å². The summed E-state index contributed by atoms with van der Waals surface area (Å²) in [7, 11) is 0. The molecule has 0 unspecified atom stereocenters. The fourth-order valence-corrected chi connectivity index (χ4v) is 4.83. The highest BCUT2D eigenvalue weighted by Crippen LogP contribution is 2.28. The van der Waals surface area contributed by atoms with Gasteiger partial charge in [-0.25, -0.2) is 4.98 Å². The molecule has 2 atom stereocenters. The fraction of sp³-hybridized carbons (Fsp3) is 0.579. The second-order valence-electron chi connectivity index (χ2n) is 7.04. The van der Waals surface area contributed by atoms with Crippen LogP contribution in [0.3, 0.4) is 0 Å². The third-order valence-corrected chi connectivity index (χ3v) is 6.27. The molecule has 2 aromatic rings. The smallest absolute Gasteiger partial charge is 0.219 e. The lowest BCUT2D eigenvalue weighted by Crippen LogP contribution is -2.49. The molecular weight excluding hydrogens is 334 g/mol. The van der Waals surface area contributed by atoms with E-state index in [-0.39, 0.29) is 5.91 Å². The minimum atomic E-state index is 0.188. The van der Waals surface area contributed by atoms with Gasteiger partial charge in [0.1, 0.15) is 0 Å². The van der Waals surface area contributed by atoms with Crippen LogP contribution in [-0.2, 0) is 16.0 Å². The van der Waals surface area contributed by atoms with E-state index in [0.717, 1.165) is 57.5 Å². The standard InChI is InChI=1S/C19H25N3O2S/c1-14(23)22-10-8-21(9-11-22)13-16-7-6-15(24-16)12-19-20-17-4-2-3-5-18(17)25-19/h2-5,15-16H,6-13H2,1H3/t15-,16+/m0/s1. The van der Waals surface area contributed by atoms with Crippen molar-refractivity contribution in [3.05, 3.63) is 29.3 Å². The van der Waals surface area contributed by atoms with E-state index in [1.165, 1.54) is 9.71 Å². The molecule has 0 N–H and O–H groups in total. The van der Waals surface area contributed by atoms with Crippen LogP contribution in [0.1, 0.15) is 24.8 Å². The molecule has 0 radical (unpaired) electrons. The third kappa shape index (κ3) is 4.02. The van der Waals surface area contributed by atoms with Crippen molar-refractivity contribution < 1.29 is 9.53 Å². The number of hydrogen-bond donors (Lipinski definition) is 0. The molecule has 2 fully saturated rings. The first-order chi connectivity index (χ1) is 12.2. The molecule has 6 heteroatoms. The normalized spacial score (nSPS) is 24.9. The van der Waals surface area contributed by atoms with E-state index in [9.17, 15) is 4.79 Å². The van der Waals surface area contributed by atoms with Crippen molar-refractivity contribution in [2.75, 3.05) is 32.7 Å². The summed E-state index contributed by atoms with van der Waals surface area (Å²) in [6.07, 6.45) is 3.79. The first-order valence-electron chi connectivity index (χ1n) is 9.15. The van der Waals surface area contributed by atoms with Gasteiger partial charge in [-0.3, -0.25) is 9.69 Å². The summed E-state index contributed by atoms with van der Waals surface area (Å²) < 4.78 is 7.54. The summed E-state index contributed by atoms with van der Waals surface area (Å²) in [6.45, 7) is 6.25.